The number of hydrogen-bond donors (Lipinski definition) is 1. The first-order valence-corrected chi connectivity index (χ1v) is 5.97. The molecule has 0 aliphatic rings. The number of oxazole rings is 1. The number of aromatic nitrogens is 4. The summed E-state index contributed by atoms with van der Waals surface area (Å²) >= 11 is 0. The van der Waals surface area contributed by atoms with Gasteiger partial charge in [0.1, 0.15) is 12.6 Å². The Bertz CT molecular complexity index is 548. The number of esters is 1. The molecule has 0 unspecified atom stereocenters. The van der Waals surface area contributed by atoms with Crippen molar-refractivity contribution < 1.29 is 13.9 Å². The molecule has 2 rings (SSSR count). The fourth-order valence-corrected chi connectivity index (χ4v) is 1.49. The molecule has 2 heterocycles. The van der Waals surface area contributed by atoms with E-state index >= 15 is 0 Å². The molecule has 0 spiro atoms. The maximum atomic E-state index is 11.4. The van der Waals surface area contributed by atoms with Crippen molar-refractivity contribution in [2.24, 2.45) is 0 Å². The van der Waals surface area contributed by atoms with E-state index in [0.717, 1.165) is 12.4 Å². The molecule has 0 radical (unpaired) electrons. The van der Waals surface area contributed by atoms with E-state index in [9.17, 15) is 4.79 Å². The molecule has 0 aliphatic heterocycles. The van der Waals surface area contributed by atoms with Crippen molar-refractivity contribution in [2.75, 3.05) is 11.9 Å². The molecule has 0 saturated heterocycles. The minimum Gasteiger partial charge on any atom is -0.461 e. The molecule has 1 N–H and O–H groups in total. The van der Waals surface area contributed by atoms with Gasteiger partial charge in [0.2, 0.25) is 0 Å². The Balaban J connectivity index is 1.95. The summed E-state index contributed by atoms with van der Waals surface area (Å²) in [6.45, 7) is 5.22. The zero-order valence-electron chi connectivity index (χ0n) is 10.8. The van der Waals surface area contributed by atoms with Crippen LogP contribution in [0.15, 0.2) is 17.0 Å². The molecule has 0 saturated carbocycles. The molecule has 102 valence electrons. The van der Waals surface area contributed by atoms with E-state index < -0.39 is 5.97 Å². The average Bonchev–Trinajstić information content (AvgIpc) is 3.05. The molecular weight excluding hydrogens is 250 g/mol. The first-order valence-electron chi connectivity index (χ1n) is 5.97. The Kier molecular flexibility index (Phi) is 4.11. The predicted molar refractivity (Wildman–Crippen MR) is 65.5 cm³/mol. The number of hydrogen-bond acceptors (Lipinski definition) is 7. The van der Waals surface area contributed by atoms with Crippen LogP contribution in [0.2, 0.25) is 0 Å². The van der Waals surface area contributed by atoms with Crippen molar-refractivity contribution in [3.05, 3.63) is 24.1 Å². The zero-order chi connectivity index (χ0) is 13.7. The van der Waals surface area contributed by atoms with Crippen LogP contribution in [-0.2, 0) is 17.8 Å². The summed E-state index contributed by atoms with van der Waals surface area (Å²) in [5.41, 5.74) is 0.140. The summed E-state index contributed by atoms with van der Waals surface area (Å²) in [6.07, 6.45) is 2.90. The van der Waals surface area contributed by atoms with Gasteiger partial charge in [-0.2, -0.15) is 4.98 Å². The fraction of sp³-hybridized carbons (Fsp3) is 0.455. The van der Waals surface area contributed by atoms with E-state index in [1.165, 1.54) is 6.26 Å². The van der Waals surface area contributed by atoms with Crippen molar-refractivity contribution in [1.29, 1.82) is 0 Å². The van der Waals surface area contributed by atoms with E-state index in [1.807, 2.05) is 11.5 Å². The second-order valence-electron chi connectivity index (χ2n) is 3.65. The molecule has 0 amide bonds. The summed E-state index contributed by atoms with van der Waals surface area (Å²) in [5, 5.41) is 10.7. The lowest BCUT2D eigenvalue weighted by molar-refractivity contribution is 0.0519. The van der Waals surface area contributed by atoms with Gasteiger partial charge in [0.25, 0.3) is 6.01 Å². The van der Waals surface area contributed by atoms with Gasteiger partial charge < -0.3 is 19.0 Å². The summed E-state index contributed by atoms with van der Waals surface area (Å²) in [7, 11) is 0. The number of aryl methyl sites for hydroxylation is 1. The smallest absolute Gasteiger partial charge is 0.360 e. The standard InChI is InChI=1S/C11H15N5O3/c1-3-16-7-13-15-9(16)5-12-11-14-8(6-19-11)10(17)18-4-2/h6-7H,3-5H2,1-2H3,(H,12,14). The number of ether oxygens (including phenoxy) is 1. The maximum absolute atomic E-state index is 11.4. The minimum atomic E-state index is -0.504. The molecule has 0 aliphatic carbocycles. The molecule has 0 bridgehead atoms. The van der Waals surface area contributed by atoms with Crippen molar-refractivity contribution in [1.82, 2.24) is 19.7 Å². The van der Waals surface area contributed by atoms with E-state index in [2.05, 4.69) is 20.5 Å². The van der Waals surface area contributed by atoms with Crippen LogP contribution >= 0.6 is 0 Å². The van der Waals surface area contributed by atoms with Gasteiger partial charge in [0.15, 0.2) is 11.5 Å². The highest BCUT2D eigenvalue weighted by molar-refractivity contribution is 5.87. The van der Waals surface area contributed by atoms with Crippen molar-refractivity contribution in [3.63, 3.8) is 0 Å². The van der Waals surface area contributed by atoms with Gasteiger partial charge in [0.05, 0.1) is 13.2 Å². The third-order valence-corrected chi connectivity index (χ3v) is 2.42. The molecule has 8 heteroatoms. The second kappa shape index (κ2) is 5.98. The Morgan fingerprint density at radius 2 is 2.37 bits per heavy atom. The van der Waals surface area contributed by atoms with Crippen LogP contribution in [-0.4, -0.2) is 32.3 Å². The lowest BCUT2D eigenvalue weighted by Gasteiger charge is -2.02. The van der Waals surface area contributed by atoms with Gasteiger partial charge in [-0.05, 0) is 13.8 Å². The van der Waals surface area contributed by atoms with Crippen LogP contribution in [0, 0.1) is 0 Å². The quantitative estimate of drug-likeness (QED) is 0.780. The average molecular weight is 265 g/mol. The van der Waals surface area contributed by atoms with Gasteiger partial charge in [-0.3, -0.25) is 0 Å². The first-order chi connectivity index (χ1) is 9.24. The second-order valence-corrected chi connectivity index (χ2v) is 3.65. The number of rotatable bonds is 6. The highest BCUT2D eigenvalue weighted by Crippen LogP contribution is 2.09. The topological polar surface area (TPSA) is 95.1 Å². The zero-order valence-corrected chi connectivity index (χ0v) is 10.8. The van der Waals surface area contributed by atoms with Crippen LogP contribution < -0.4 is 5.32 Å². The van der Waals surface area contributed by atoms with Crippen LogP contribution in [0.4, 0.5) is 6.01 Å². The fourth-order valence-electron chi connectivity index (χ4n) is 1.49. The lowest BCUT2D eigenvalue weighted by Crippen LogP contribution is -2.08. The summed E-state index contributed by atoms with van der Waals surface area (Å²) in [4.78, 5) is 15.4. The van der Waals surface area contributed by atoms with Crippen LogP contribution in [0.5, 0.6) is 0 Å². The maximum Gasteiger partial charge on any atom is 0.360 e. The van der Waals surface area contributed by atoms with Gasteiger partial charge in [-0.15, -0.1) is 10.2 Å². The van der Waals surface area contributed by atoms with E-state index in [-0.39, 0.29) is 11.7 Å². The molecule has 2 aromatic rings. The Morgan fingerprint density at radius 1 is 1.53 bits per heavy atom. The van der Waals surface area contributed by atoms with E-state index in [1.54, 1.807) is 13.3 Å². The highest BCUT2D eigenvalue weighted by atomic mass is 16.5. The predicted octanol–water partition coefficient (Wildman–Crippen LogP) is 1.07. The third kappa shape index (κ3) is 3.09. The third-order valence-electron chi connectivity index (χ3n) is 2.42. The van der Waals surface area contributed by atoms with Gasteiger partial charge in [-0.1, -0.05) is 0 Å². The molecule has 19 heavy (non-hydrogen) atoms. The lowest BCUT2D eigenvalue weighted by atomic mass is 10.5. The summed E-state index contributed by atoms with van der Waals surface area (Å²) < 4.78 is 11.8. The van der Waals surface area contributed by atoms with Gasteiger partial charge >= 0.3 is 5.97 Å². The number of nitrogens with zero attached hydrogens (tertiary/aromatic N) is 4. The number of carbonyl (C=O) groups excluding carboxylic acids is 1. The molecule has 0 aromatic carbocycles. The molecule has 8 nitrogen and oxygen atoms in total. The minimum absolute atomic E-state index is 0.140. The first kappa shape index (κ1) is 13.1. The molecule has 0 atom stereocenters. The summed E-state index contributed by atoms with van der Waals surface area (Å²) in [6, 6.07) is 0.244. The van der Waals surface area contributed by atoms with Crippen LogP contribution in [0.1, 0.15) is 30.2 Å². The Labute approximate surface area is 109 Å². The molecule has 2 aromatic heterocycles. The molecule has 0 fully saturated rings. The van der Waals surface area contributed by atoms with Crippen molar-refractivity contribution in [3.8, 4) is 0 Å². The number of nitrogens with one attached hydrogen (secondary N) is 1. The normalized spacial score (nSPS) is 10.4. The Morgan fingerprint density at radius 3 is 3.11 bits per heavy atom. The van der Waals surface area contributed by atoms with Gasteiger partial charge in [-0.25, -0.2) is 4.79 Å². The van der Waals surface area contributed by atoms with Crippen LogP contribution in [0.3, 0.4) is 0 Å². The van der Waals surface area contributed by atoms with Crippen molar-refractivity contribution in [2.45, 2.75) is 26.9 Å². The highest BCUT2D eigenvalue weighted by Gasteiger charge is 2.13. The Hall–Kier alpha value is -2.38. The van der Waals surface area contributed by atoms with E-state index in [4.69, 9.17) is 9.15 Å². The molecular formula is C11H15N5O3. The monoisotopic (exact) mass is 265 g/mol. The number of anilines is 1. The van der Waals surface area contributed by atoms with Crippen LogP contribution in [0.25, 0.3) is 0 Å². The van der Waals surface area contributed by atoms with Crippen molar-refractivity contribution >= 4 is 12.0 Å². The number of carbonyl (C=O) groups is 1. The summed E-state index contributed by atoms with van der Waals surface area (Å²) in [5.74, 6) is 0.259. The SMILES string of the molecule is CCOC(=O)c1coc(NCc2nncn2CC)n1. The largest absolute Gasteiger partial charge is 0.461 e. The van der Waals surface area contributed by atoms with E-state index in [0.29, 0.717) is 13.2 Å². The van der Waals surface area contributed by atoms with Gasteiger partial charge in [0, 0.05) is 6.54 Å².